The van der Waals surface area contributed by atoms with Crippen molar-refractivity contribution in [3.05, 3.63) is 53.6 Å². The summed E-state index contributed by atoms with van der Waals surface area (Å²) >= 11 is 0. The zero-order chi connectivity index (χ0) is 32.4. The lowest BCUT2D eigenvalue weighted by Gasteiger charge is -2.35. The van der Waals surface area contributed by atoms with Gasteiger partial charge in [-0.3, -0.25) is 9.69 Å². The SMILES string of the molecule is Cc1cccc(CN2CC[C@@H]3[C@@H](CO[C@H]3CC(=O)NCCc3cn(C)cn3)C2)c1.O=C(O)C(F)(F)F.O=C(O)C(F)(F)F. The highest BCUT2D eigenvalue weighted by Crippen LogP contribution is 2.36. The Morgan fingerprint density at radius 3 is 2.26 bits per heavy atom. The molecule has 2 saturated heterocycles. The molecule has 43 heavy (non-hydrogen) atoms. The number of ether oxygens (including phenoxy) is 1. The van der Waals surface area contributed by atoms with Crippen LogP contribution in [0.2, 0.25) is 0 Å². The summed E-state index contributed by atoms with van der Waals surface area (Å²) in [5, 5.41) is 17.3. The van der Waals surface area contributed by atoms with E-state index >= 15 is 0 Å². The molecule has 2 fully saturated rings. The summed E-state index contributed by atoms with van der Waals surface area (Å²) in [4.78, 5) is 37.0. The number of halogens is 6. The van der Waals surface area contributed by atoms with Crippen molar-refractivity contribution >= 4 is 17.8 Å². The van der Waals surface area contributed by atoms with E-state index in [4.69, 9.17) is 24.5 Å². The molecule has 3 atom stereocenters. The molecule has 3 heterocycles. The highest BCUT2D eigenvalue weighted by atomic mass is 19.4. The average Bonchev–Trinajstić information content (AvgIpc) is 3.49. The van der Waals surface area contributed by atoms with Crippen molar-refractivity contribution in [1.82, 2.24) is 19.8 Å². The van der Waals surface area contributed by atoms with Crippen LogP contribution in [0, 0.1) is 18.8 Å². The van der Waals surface area contributed by atoms with Gasteiger partial charge in [0.2, 0.25) is 5.91 Å². The van der Waals surface area contributed by atoms with E-state index in [2.05, 4.69) is 46.4 Å². The number of amides is 1. The largest absolute Gasteiger partial charge is 0.490 e. The van der Waals surface area contributed by atoms with E-state index in [1.54, 1.807) is 6.33 Å². The predicted octanol–water partition coefficient (Wildman–Crippen LogP) is 3.58. The molecular weight excluding hydrogens is 590 g/mol. The number of aryl methyl sites for hydroxylation is 2. The molecule has 0 spiro atoms. The molecule has 1 amide bonds. The number of carboxylic acid groups (broad SMARTS) is 2. The number of hydrogen-bond acceptors (Lipinski definition) is 6. The Hall–Kier alpha value is -3.66. The highest BCUT2D eigenvalue weighted by molar-refractivity contribution is 5.76. The maximum absolute atomic E-state index is 12.4. The molecule has 1 aromatic carbocycles. The minimum absolute atomic E-state index is 0.0657. The van der Waals surface area contributed by atoms with Crippen LogP contribution in [0.25, 0.3) is 0 Å². The number of aromatic nitrogens is 2. The number of piperidine rings is 1. The van der Waals surface area contributed by atoms with Crippen molar-refractivity contribution in [2.24, 2.45) is 18.9 Å². The summed E-state index contributed by atoms with van der Waals surface area (Å²) in [6.45, 7) is 6.70. The summed E-state index contributed by atoms with van der Waals surface area (Å²) in [7, 11) is 1.95. The number of alkyl halides is 6. The molecule has 0 bridgehead atoms. The Morgan fingerprint density at radius 2 is 1.72 bits per heavy atom. The number of fused-ring (bicyclic) bond motifs is 1. The highest BCUT2D eigenvalue weighted by Gasteiger charge is 2.41. The molecule has 2 aliphatic heterocycles. The van der Waals surface area contributed by atoms with E-state index in [0.717, 1.165) is 44.8 Å². The number of carbonyl (C=O) groups is 3. The first kappa shape index (κ1) is 35.5. The average molecular weight is 625 g/mol. The van der Waals surface area contributed by atoms with Crippen LogP contribution < -0.4 is 5.32 Å². The van der Waals surface area contributed by atoms with Crippen molar-refractivity contribution < 1.29 is 55.7 Å². The lowest BCUT2D eigenvalue weighted by molar-refractivity contribution is -0.193. The maximum Gasteiger partial charge on any atom is 0.490 e. The van der Waals surface area contributed by atoms with Crippen molar-refractivity contribution in [2.45, 2.75) is 51.2 Å². The Kier molecular flexibility index (Phi) is 13.0. The van der Waals surface area contributed by atoms with Crippen LogP contribution in [0.4, 0.5) is 26.3 Å². The number of aliphatic carboxylic acids is 2. The Morgan fingerprint density at radius 1 is 1.09 bits per heavy atom. The van der Waals surface area contributed by atoms with Gasteiger partial charge < -0.3 is 24.8 Å². The molecule has 1 aromatic heterocycles. The van der Waals surface area contributed by atoms with Crippen molar-refractivity contribution in [1.29, 1.82) is 0 Å². The summed E-state index contributed by atoms with van der Waals surface area (Å²) in [5.74, 6) is -4.38. The first-order chi connectivity index (χ1) is 20.0. The monoisotopic (exact) mass is 624 g/mol. The van der Waals surface area contributed by atoms with Crippen LogP contribution in [-0.2, 0) is 39.1 Å². The lowest BCUT2D eigenvalue weighted by atomic mass is 9.83. The maximum atomic E-state index is 12.4. The van der Waals surface area contributed by atoms with Gasteiger partial charge in [0.25, 0.3) is 0 Å². The number of hydrogen-bond donors (Lipinski definition) is 3. The molecule has 0 aliphatic carbocycles. The van der Waals surface area contributed by atoms with Crippen LogP contribution >= 0.6 is 0 Å². The Balaban J connectivity index is 0.000000384. The summed E-state index contributed by atoms with van der Waals surface area (Å²) in [6, 6.07) is 8.77. The second-order valence-electron chi connectivity index (χ2n) is 10.2. The number of nitrogens with one attached hydrogen (secondary N) is 1. The van der Waals surface area contributed by atoms with Crippen LogP contribution in [-0.4, -0.2) is 87.2 Å². The van der Waals surface area contributed by atoms with E-state index in [-0.39, 0.29) is 12.0 Å². The third-order valence-electron chi connectivity index (χ3n) is 6.70. The molecular formula is C27H34F6N4O6. The standard InChI is InChI=1S/C23H32N4O2.2C2HF3O2/c1-17-4-3-5-18(10-17)12-27-9-7-21-19(13-27)15-29-22(21)11-23(28)24-8-6-20-14-26(2)16-25-20;2*3-2(4,5)1(6)7/h3-5,10,14,16,19,21-22H,6-9,11-13,15H2,1-2H3,(H,24,28);2*(H,6,7)/t19-,21-,22+;;/m1../s1. The van der Waals surface area contributed by atoms with Gasteiger partial charge in [-0.2, -0.15) is 26.3 Å². The van der Waals surface area contributed by atoms with Gasteiger partial charge in [0, 0.05) is 45.2 Å². The third kappa shape index (κ3) is 12.6. The molecule has 4 rings (SSSR count). The zero-order valence-electron chi connectivity index (χ0n) is 23.5. The van der Waals surface area contributed by atoms with E-state index in [0.29, 0.717) is 24.8 Å². The molecule has 0 unspecified atom stereocenters. The number of imidazole rings is 1. The van der Waals surface area contributed by atoms with Gasteiger partial charge >= 0.3 is 24.3 Å². The summed E-state index contributed by atoms with van der Waals surface area (Å²) in [6.07, 6.45) is -3.98. The smallest absolute Gasteiger partial charge is 0.475 e. The normalized spacial score (nSPS) is 20.1. The minimum Gasteiger partial charge on any atom is -0.475 e. The topological polar surface area (TPSA) is 134 Å². The number of rotatable bonds is 7. The van der Waals surface area contributed by atoms with Gasteiger partial charge in [-0.1, -0.05) is 29.8 Å². The predicted molar refractivity (Wildman–Crippen MR) is 140 cm³/mol. The Labute approximate surface area is 243 Å². The minimum atomic E-state index is -5.08. The van der Waals surface area contributed by atoms with Gasteiger partial charge in [-0.05, 0) is 31.4 Å². The van der Waals surface area contributed by atoms with E-state index in [1.165, 1.54) is 11.1 Å². The van der Waals surface area contributed by atoms with Gasteiger partial charge in [0.05, 0.1) is 31.2 Å². The second kappa shape index (κ2) is 15.7. The number of carbonyl (C=O) groups excluding carboxylic acids is 1. The molecule has 10 nitrogen and oxygen atoms in total. The van der Waals surface area contributed by atoms with Gasteiger partial charge in [-0.15, -0.1) is 0 Å². The van der Waals surface area contributed by atoms with Crippen molar-refractivity contribution in [3.8, 4) is 0 Å². The van der Waals surface area contributed by atoms with E-state index in [1.807, 2.05) is 17.8 Å². The molecule has 16 heteroatoms. The van der Waals surface area contributed by atoms with Crippen LogP contribution in [0.3, 0.4) is 0 Å². The summed E-state index contributed by atoms with van der Waals surface area (Å²) in [5.41, 5.74) is 3.70. The number of carboxylic acids is 2. The van der Waals surface area contributed by atoms with Gasteiger partial charge in [0.1, 0.15) is 0 Å². The number of nitrogens with zero attached hydrogens (tertiary/aromatic N) is 3. The number of benzene rings is 1. The van der Waals surface area contributed by atoms with Gasteiger partial charge in [0.15, 0.2) is 0 Å². The van der Waals surface area contributed by atoms with Gasteiger partial charge in [-0.25, -0.2) is 14.6 Å². The lowest BCUT2D eigenvalue weighted by Crippen LogP contribution is -2.42. The fraction of sp³-hybridized carbons (Fsp3) is 0.556. The zero-order valence-corrected chi connectivity index (χ0v) is 23.5. The Bertz CT molecular complexity index is 1200. The second-order valence-corrected chi connectivity index (χ2v) is 10.2. The van der Waals surface area contributed by atoms with Crippen LogP contribution in [0.15, 0.2) is 36.8 Å². The quantitative estimate of drug-likeness (QED) is 0.399. The molecule has 0 saturated carbocycles. The molecule has 240 valence electrons. The number of likely N-dealkylation sites (tertiary alicyclic amines) is 1. The molecule has 2 aromatic rings. The van der Waals surface area contributed by atoms with Crippen LogP contribution in [0.1, 0.15) is 29.7 Å². The first-order valence-electron chi connectivity index (χ1n) is 13.2. The molecule has 0 radical (unpaired) electrons. The first-order valence-corrected chi connectivity index (χ1v) is 13.2. The van der Waals surface area contributed by atoms with E-state index in [9.17, 15) is 31.1 Å². The van der Waals surface area contributed by atoms with Crippen molar-refractivity contribution in [3.63, 3.8) is 0 Å². The fourth-order valence-electron chi connectivity index (χ4n) is 4.77. The molecule has 2 aliphatic rings. The van der Waals surface area contributed by atoms with E-state index < -0.39 is 24.3 Å². The molecule has 3 N–H and O–H groups in total. The van der Waals surface area contributed by atoms with Crippen molar-refractivity contribution in [2.75, 3.05) is 26.2 Å². The third-order valence-corrected chi connectivity index (χ3v) is 6.70. The fourth-order valence-corrected chi connectivity index (χ4v) is 4.77. The van der Waals surface area contributed by atoms with Crippen LogP contribution in [0.5, 0.6) is 0 Å². The summed E-state index contributed by atoms with van der Waals surface area (Å²) < 4.78 is 71.5.